The van der Waals surface area contributed by atoms with Crippen LogP contribution in [0.3, 0.4) is 0 Å². The van der Waals surface area contributed by atoms with E-state index in [1.807, 2.05) is 47.5 Å². The van der Waals surface area contributed by atoms with E-state index in [-0.39, 0.29) is 10.8 Å². The fraction of sp³-hybridized carbons (Fsp3) is 0.0455. The predicted octanol–water partition coefficient (Wildman–Crippen LogP) is 4.90. The quantitative estimate of drug-likeness (QED) is 0.450. The smallest absolute Gasteiger partial charge is 0.267 e. The lowest BCUT2D eigenvalue weighted by Gasteiger charge is -2.10. The number of hydrogen-bond donors (Lipinski definition) is 2. The molecule has 152 valence electrons. The molecule has 1 amide bonds. The monoisotopic (exact) mass is 437 g/mol. The third-order valence-corrected chi connectivity index (χ3v) is 6.76. The zero-order valence-corrected chi connectivity index (χ0v) is 17.7. The number of amides is 1. The number of hydrogen-bond acceptors (Lipinski definition) is 4. The van der Waals surface area contributed by atoms with Crippen LogP contribution in [0.5, 0.6) is 0 Å². The first kappa shape index (κ1) is 19.9. The number of nitrogens with zero attached hydrogens (tertiary/aromatic N) is 1. The number of nitrogens with one attached hydrogen (secondary N) is 2. The number of aromatic nitrogens is 1. The second-order valence-electron chi connectivity index (χ2n) is 6.68. The van der Waals surface area contributed by atoms with Crippen LogP contribution in [0.25, 0.3) is 5.69 Å². The van der Waals surface area contributed by atoms with Crippen LogP contribution in [-0.4, -0.2) is 18.9 Å². The lowest BCUT2D eigenvalue weighted by molar-refractivity contribution is 0.103. The second kappa shape index (κ2) is 8.17. The molecule has 2 aromatic carbocycles. The summed E-state index contributed by atoms with van der Waals surface area (Å²) < 4.78 is 29.4. The van der Waals surface area contributed by atoms with E-state index in [0.29, 0.717) is 16.3 Å². The number of benzene rings is 2. The van der Waals surface area contributed by atoms with Crippen molar-refractivity contribution in [2.45, 2.75) is 11.8 Å². The van der Waals surface area contributed by atoms with Gasteiger partial charge in [0.25, 0.3) is 15.9 Å². The fourth-order valence-corrected chi connectivity index (χ4v) is 4.76. The van der Waals surface area contributed by atoms with Gasteiger partial charge in [-0.05, 0) is 66.9 Å². The number of carbonyl (C=O) groups excluding carboxylic acids is 1. The summed E-state index contributed by atoms with van der Waals surface area (Å²) in [5.74, 6) is -0.221. The van der Waals surface area contributed by atoms with E-state index < -0.39 is 10.0 Å². The van der Waals surface area contributed by atoms with Crippen LogP contribution < -0.4 is 10.0 Å². The molecule has 0 spiro atoms. The lowest BCUT2D eigenvalue weighted by atomic mass is 10.2. The Morgan fingerprint density at radius 3 is 2.20 bits per heavy atom. The molecule has 0 radical (unpaired) electrons. The molecule has 0 aliphatic rings. The molecule has 4 rings (SSSR count). The van der Waals surface area contributed by atoms with Gasteiger partial charge < -0.3 is 9.88 Å². The Labute approximate surface area is 178 Å². The van der Waals surface area contributed by atoms with E-state index in [9.17, 15) is 13.2 Å². The van der Waals surface area contributed by atoms with E-state index in [4.69, 9.17) is 0 Å². The molecular formula is C22H19N3O3S2. The molecule has 0 fully saturated rings. The molecule has 30 heavy (non-hydrogen) atoms. The van der Waals surface area contributed by atoms with E-state index >= 15 is 0 Å². The van der Waals surface area contributed by atoms with Crippen molar-refractivity contribution in [1.29, 1.82) is 0 Å². The van der Waals surface area contributed by atoms with Gasteiger partial charge in [0.15, 0.2) is 0 Å². The van der Waals surface area contributed by atoms with Crippen molar-refractivity contribution in [1.82, 2.24) is 4.57 Å². The Morgan fingerprint density at radius 2 is 1.53 bits per heavy atom. The molecule has 0 unspecified atom stereocenters. The Hall–Kier alpha value is -3.36. The summed E-state index contributed by atoms with van der Waals surface area (Å²) >= 11 is 1.36. The molecule has 2 heterocycles. The molecule has 6 nitrogen and oxygen atoms in total. The van der Waals surface area contributed by atoms with Crippen LogP contribution in [0.1, 0.15) is 15.2 Å². The standard InChI is InChI=1S/C22H19N3O3S2/c1-16-4-10-19(11-5-16)30(27,28)24-18-8-6-17(7-9-18)23-22(26)21-20(12-15-29-21)25-13-2-3-14-25/h2-15,24H,1H3,(H,23,26). The minimum Gasteiger partial charge on any atom is -0.322 e. The van der Waals surface area contributed by atoms with Crippen molar-refractivity contribution in [3.63, 3.8) is 0 Å². The average molecular weight is 438 g/mol. The summed E-state index contributed by atoms with van der Waals surface area (Å²) in [7, 11) is -3.67. The molecule has 0 saturated heterocycles. The first-order valence-corrected chi connectivity index (χ1v) is 11.5. The van der Waals surface area contributed by atoms with Gasteiger partial charge >= 0.3 is 0 Å². The van der Waals surface area contributed by atoms with Crippen molar-refractivity contribution in [2.24, 2.45) is 0 Å². The minimum absolute atomic E-state index is 0.195. The SMILES string of the molecule is Cc1ccc(S(=O)(=O)Nc2ccc(NC(=O)c3sccc3-n3cccc3)cc2)cc1. The topological polar surface area (TPSA) is 80.2 Å². The first-order chi connectivity index (χ1) is 14.4. The lowest BCUT2D eigenvalue weighted by Crippen LogP contribution is -2.14. The molecular weight excluding hydrogens is 418 g/mol. The van der Waals surface area contributed by atoms with Gasteiger partial charge in [0, 0.05) is 23.8 Å². The van der Waals surface area contributed by atoms with Crippen molar-refractivity contribution >= 4 is 38.6 Å². The Bertz CT molecular complexity index is 1260. The van der Waals surface area contributed by atoms with Crippen molar-refractivity contribution in [2.75, 3.05) is 10.0 Å². The van der Waals surface area contributed by atoms with E-state index in [1.165, 1.54) is 11.3 Å². The molecule has 0 bridgehead atoms. The normalized spacial score (nSPS) is 11.2. The third kappa shape index (κ3) is 4.29. The number of carbonyl (C=O) groups is 1. The maximum Gasteiger partial charge on any atom is 0.267 e. The maximum absolute atomic E-state index is 12.7. The van der Waals surface area contributed by atoms with Gasteiger partial charge in [-0.1, -0.05) is 17.7 Å². The minimum atomic E-state index is -3.67. The van der Waals surface area contributed by atoms with E-state index in [0.717, 1.165) is 11.3 Å². The molecule has 0 atom stereocenters. The highest BCUT2D eigenvalue weighted by molar-refractivity contribution is 7.92. The van der Waals surface area contributed by atoms with Crippen LogP contribution in [0, 0.1) is 6.92 Å². The van der Waals surface area contributed by atoms with E-state index in [1.54, 1.807) is 48.5 Å². The van der Waals surface area contributed by atoms with Gasteiger partial charge in [-0.3, -0.25) is 9.52 Å². The number of thiophene rings is 1. The predicted molar refractivity (Wildman–Crippen MR) is 120 cm³/mol. The summed E-state index contributed by atoms with van der Waals surface area (Å²) in [5.41, 5.74) is 2.78. The van der Waals surface area contributed by atoms with Crippen LogP contribution >= 0.6 is 11.3 Å². The molecule has 2 N–H and O–H groups in total. The molecule has 0 saturated carbocycles. The largest absolute Gasteiger partial charge is 0.322 e. The Kier molecular flexibility index (Phi) is 5.43. The van der Waals surface area contributed by atoms with Gasteiger partial charge in [-0.15, -0.1) is 11.3 Å². The third-order valence-electron chi connectivity index (χ3n) is 4.46. The van der Waals surface area contributed by atoms with Crippen LogP contribution in [0.15, 0.2) is 89.4 Å². The second-order valence-corrected chi connectivity index (χ2v) is 9.27. The van der Waals surface area contributed by atoms with Gasteiger partial charge in [0.2, 0.25) is 0 Å². The summed E-state index contributed by atoms with van der Waals surface area (Å²) in [6, 6.07) is 18.9. The van der Waals surface area contributed by atoms with Gasteiger partial charge in [0.1, 0.15) is 4.88 Å². The summed E-state index contributed by atoms with van der Waals surface area (Å²) in [6.07, 6.45) is 3.77. The molecule has 0 aliphatic carbocycles. The molecule has 8 heteroatoms. The number of sulfonamides is 1. The summed E-state index contributed by atoms with van der Waals surface area (Å²) in [4.78, 5) is 13.5. The Balaban J connectivity index is 1.46. The van der Waals surface area contributed by atoms with Crippen molar-refractivity contribution < 1.29 is 13.2 Å². The van der Waals surface area contributed by atoms with E-state index in [2.05, 4.69) is 10.0 Å². The zero-order chi connectivity index (χ0) is 21.1. The number of rotatable bonds is 6. The average Bonchev–Trinajstić information content (AvgIpc) is 3.41. The van der Waals surface area contributed by atoms with Crippen molar-refractivity contribution in [3.8, 4) is 5.69 Å². The number of anilines is 2. The number of aryl methyl sites for hydroxylation is 1. The highest BCUT2D eigenvalue weighted by Gasteiger charge is 2.16. The van der Waals surface area contributed by atoms with Gasteiger partial charge in [-0.25, -0.2) is 8.42 Å². The van der Waals surface area contributed by atoms with Crippen LogP contribution in [-0.2, 0) is 10.0 Å². The summed E-state index contributed by atoms with van der Waals surface area (Å²) in [5, 5.41) is 4.72. The summed E-state index contributed by atoms with van der Waals surface area (Å²) in [6.45, 7) is 1.90. The van der Waals surface area contributed by atoms with Gasteiger partial charge in [-0.2, -0.15) is 0 Å². The fourth-order valence-electron chi connectivity index (χ4n) is 2.91. The highest BCUT2D eigenvalue weighted by atomic mass is 32.2. The van der Waals surface area contributed by atoms with Crippen LogP contribution in [0.2, 0.25) is 0 Å². The van der Waals surface area contributed by atoms with Gasteiger partial charge in [0.05, 0.1) is 10.6 Å². The van der Waals surface area contributed by atoms with Crippen molar-refractivity contribution in [3.05, 3.63) is 94.9 Å². The van der Waals surface area contributed by atoms with Crippen LogP contribution in [0.4, 0.5) is 11.4 Å². The first-order valence-electron chi connectivity index (χ1n) is 9.14. The zero-order valence-electron chi connectivity index (χ0n) is 16.1. The highest BCUT2D eigenvalue weighted by Crippen LogP contribution is 2.24. The molecule has 0 aliphatic heterocycles. The Morgan fingerprint density at radius 1 is 0.900 bits per heavy atom. The molecule has 2 aromatic heterocycles. The maximum atomic E-state index is 12.7. The molecule has 4 aromatic rings.